The number of aryl methyl sites for hydroxylation is 1. The fourth-order valence-electron chi connectivity index (χ4n) is 3.01. The van der Waals surface area contributed by atoms with Gasteiger partial charge in [0.25, 0.3) is 0 Å². The molecule has 2 aromatic carbocycles. The van der Waals surface area contributed by atoms with Gasteiger partial charge in [-0.05, 0) is 61.2 Å². The van der Waals surface area contributed by atoms with Gasteiger partial charge in [-0.25, -0.2) is 0 Å². The van der Waals surface area contributed by atoms with E-state index in [1.807, 2.05) is 36.4 Å². The average molecular weight is 290 g/mol. The van der Waals surface area contributed by atoms with Gasteiger partial charge in [0.2, 0.25) is 0 Å². The van der Waals surface area contributed by atoms with Crippen LogP contribution in [0.3, 0.4) is 0 Å². The molecule has 4 N–H and O–H groups in total. The molecule has 1 aliphatic carbocycles. The van der Waals surface area contributed by atoms with Crippen molar-refractivity contribution >= 4 is 17.1 Å². The van der Waals surface area contributed by atoms with E-state index < -0.39 is 0 Å². The number of hydrogen-bond donors (Lipinski definition) is 3. The van der Waals surface area contributed by atoms with E-state index in [2.05, 4.69) is 11.4 Å². The Balaban J connectivity index is 1.86. The first-order chi connectivity index (χ1) is 10.6. The molecule has 0 amide bonds. The number of nitriles is 1. The summed E-state index contributed by atoms with van der Waals surface area (Å²) in [5.41, 5.74) is 12.0. The fourth-order valence-corrected chi connectivity index (χ4v) is 3.01. The lowest BCUT2D eigenvalue weighted by Gasteiger charge is -2.17. The van der Waals surface area contributed by atoms with Crippen LogP contribution >= 0.6 is 0 Å². The lowest BCUT2D eigenvalue weighted by Crippen LogP contribution is -2.08. The molecule has 0 saturated carbocycles. The highest BCUT2D eigenvalue weighted by molar-refractivity contribution is 6.01. The van der Waals surface area contributed by atoms with Gasteiger partial charge in [-0.15, -0.1) is 0 Å². The highest BCUT2D eigenvalue weighted by Crippen LogP contribution is 2.34. The van der Waals surface area contributed by atoms with Gasteiger partial charge in [0.1, 0.15) is 0 Å². The van der Waals surface area contributed by atoms with E-state index in [1.165, 1.54) is 11.1 Å². The molecule has 1 atom stereocenters. The first kappa shape index (κ1) is 14.2. The van der Waals surface area contributed by atoms with Crippen molar-refractivity contribution in [3.05, 3.63) is 58.7 Å². The molecule has 110 valence electrons. The Kier molecular flexibility index (Phi) is 3.56. The molecule has 0 aliphatic heterocycles. The van der Waals surface area contributed by atoms with Crippen molar-refractivity contribution in [1.82, 2.24) is 0 Å². The molecule has 0 saturated heterocycles. The lowest BCUT2D eigenvalue weighted by atomic mass is 10.0. The molecule has 4 nitrogen and oxygen atoms in total. The maximum Gasteiger partial charge on any atom is 0.0991 e. The number of anilines is 2. The van der Waals surface area contributed by atoms with Crippen molar-refractivity contribution in [2.75, 3.05) is 11.1 Å². The van der Waals surface area contributed by atoms with E-state index in [1.54, 1.807) is 6.92 Å². The Morgan fingerprint density at radius 3 is 2.86 bits per heavy atom. The van der Waals surface area contributed by atoms with E-state index in [0.717, 1.165) is 24.1 Å². The van der Waals surface area contributed by atoms with Crippen LogP contribution in [0, 0.1) is 16.7 Å². The maximum absolute atomic E-state index is 8.98. The van der Waals surface area contributed by atoms with E-state index in [-0.39, 0.29) is 6.04 Å². The zero-order valence-electron chi connectivity index (χ0n) is 12.5. The summed E-state index contributed by atoms with van der Waals surface area (Å²) in [5, 5.41) is 20.3. The molecule has 4 heteroatoms. The summed E-state index contributed by atoms with van der Waals surface area (Å²) < 4.78 is 0. The summed E-state index contributed by atoms with van der Waals surface area (Å²) in [7, 11) is 0. The first-order valence-corrected chi connectivity index (χ1v) is 7.33. The smallest absolute Gasteiger partial charge is 0.0991 e. The Morgan fingerprint density at radius 1 is 1.32 bits per heavy atom. The summed E-state index contributed by atoms with van der Waals surface area (Å²) >= 11 is 0. The minimum atomic E-state index is 0.241. The van der Waals surface area contributed by atoms with Gasteiger partial charge < -0.3 is 16.5 Å². The number of nitrogen functional groups attached to an aromatic ring is 1. The van der Waals surface area contributed by atoms with Crippen LogP contribution in [0.1, 0.15) is 41.6 Å². The number of nitrogens with zero attached hydrogens (tertiary/aromatic N) is 1. The van der Waals surface area contributed by atoms with Crippen molar-refractivity contribution in [3.8, 4) is 6.07 Å². The normalized spacial score (nSPS) is 15.9. The van der Waals surface area contributed by atoms with Crippen LogP contribution in [0.4, 0.5) is 11.4 Å². The summed E-state index contributed by atoms with van der Waals surface area (Å²) in [6.45, 7) is 1.74. The minimum Gasteiger partial charge on any atom is -0.398 e. The molecule has 0 aromatic heterocycles. The van der Waals surface area contributed by atoms with Crippen molar-refractivity contribution < 1.29 is 0 Å². The van der Waals surface area contributed by atoms with Crippen LogP contribution in [-0.2, 0) is 6.42 Å². The average Bonchev–Trinajstić information content (AvgIpc) is 2.91. The second-order valence-corrected chi connectivity index (χ2v) is 5.69. The molecule has 0 spiro atoms. The van der Waals surface area contributed by atoms with Gasteiger partial charge in [-0.1, -0.05) is 6.07 Å². The second kappa shape index (κ2) is 5.53. The Hall–Kier alpha value is -2.80. The molecular weight excluding hydrogens is 272 g/mol. The Bertz CT molecular complexity index is 786. The zero-order chi connectivity index (χ0) is 15.7. The summed E-state index contributed by atoms with van der Waals surface area (Å²) in [6, 6.07) is 14.0. The third-order valence-corrected chi connectivity index (χ3v) is 4.15. The van der Waals surface area contributed by atoms with Crippen molar-refractivity contribution in [2.45, 2.75) is 25.8 Å². The molecule has 0 radical (unpaired) electrons. The number of nitrogens with one attached hydrogen (secondary N) is 2. The number of rotatable bonds is 3. The van der Waals surface area contributed by atoms with Crippen LogP contribution in [0.25, 0.3) is 0 Å². The van der Waals surface area contributed by atoms with Crippen molar-refractivity contribution in [2.24, 2.45) is 0 Å². The molecule has 1 aliphatic rings. The number of hydrogen-bond acceptors (Lipinski definition) is 4. The standard InChI is InChI=1S/C18H18N4/c1-11(20)16-9-14(4-6-17(16)21)22-18-7-3-13-8-12(10-19)2-5-15(13)18/h2,4-6,8-9,18,20,22H,3,7,21H2,1H3. The maximum atomic E-state index is 8.98. The summed E-state index contributed by atoms with van der Waals surface area (Å²) in [5.74, 6) is 0. The molecule has 0 heterocycles. The first-order valence-electron chi connectivity index (χ1n) is 7.33. The largest absolute Gasteiger partial charge is 0.398 e. The predicted molar refractivity (Wildman–Crippen MR) is 89.2 cm³/mol. The third kappa shape index (κ3) is 2.53. The Labute approximate surface area is 130 Å². The monoisotopic (exact) mass is 290 g/mol. The van der Waals surface area contributed by atoms with E-state index in [0.29, 0.717) is 17.0 Å². The molecule has 0 fully saturated rings. The summed E-state index contributed by atoms with van der Waals surface area (Å²) in [4.78, 5) is 0. The van der Waals surface area contributed by atoms with Gasteiger partial charge >= 0.3 is 0 Å². The quantitative estimate of drug-likeness (QED) is 0.596. The molecule has 22 heavy (non-hydrogen) atoms. The van der Waals surface area contributed by atoms with Crippen LogP contribution < -0.4 is 11.1 Å². The van der Waals surface area contributed by atoms with Gasteiger partial charge in [0.15, 0.2) is 0 Å². The SMILES string of the molecule is CC(=N)c1cc(NC2CCc3cc(C#N)ccc32)ccc1N. The second-order valence-electron chi connectivity index (χ2n) is 5.69. The van der Waals surface area contributed by atoms with Crippen LogP contribution in [0.15, 0.2) is 36.4 Å². The molecule has 0 bridgehead atoms. The van der Waals surface area contributed by atoms with Crippen molar-refractivity contribution in [1.29, 1.82) is 10.7 Å². The molecular formula is C18H18N4. The predicted octanol–water partition coefficient (Wildman–Crippen LogP) is 3.63. The summed E-state index contributed by atoms with van der Waals surface area (Å²) in [6.07, 6.45) is 1.99. The van der Waals surface area contributed by atoms with Gasteiger partial charge in [-0.2, -0.15) is 5.26 Å². The molecule has 2 aromatic rings. The van der Waals surface area contributed by atoms with E-state index in [4.69, 9.17) is 16.4 Å². The van der Waals surface area contributed by atoms with Crippen molar-refractivity contribution in [3.63, 3.8) is 0 Å². The number of benzene rings is 2. The Morgan fingerprint density at radius 2 is 2.14 bits per heavy atom. The van der Waals surface area contributed by atoms with Crippen LogP contribution in [-0.4, -0.2) is 5.71 Å². The van der Waals surface area contributed by atoms with E-state index in [9.17, 15) is 0 Å². The number of fused-ring (bicyclic) bond motifs is 1. The van der Waals surface area contributed by atoms with Crippen LogP contribution in [0.5, 0.6) is 0 Å². The highest BCUT2D eigenvalue weighted by Gasteiger charge is 2.22. The third-order valence-electron chi connectivity index (χ3n) is 4.15. The van der Waals surface area contributed by atoms with Gasteiger partial charge in [0.05, 0.1) is 17.7 Å². The van der Waals surface area contributed by atoms with E-state index >= 15 is 0 Å². The molecule has 3 rings (SSSR count). The molecule has 1 unspecified atom stereocenters. The highest BCUT2D eigenvalue weighted by atomic mass is 14.9. The topological polar surface area (TPSA) is 85.7 Å². The minimum absolute atomic E-state index is 0.241. The van der Waals surface area contributed by atoms with Gasteiger partial charge in [-0.3, -0.25) is 0 Å². The number of nitrogens with two attached hydrogens (primary N) is 1. The lowest BCUT2D eigenvalue weighted by molar-refractivity contribution is 0.762. The van der Waals surface area contributed by atoms with Crippen LogP contribution in [0.2, 0.25) is 0 Å². The fraction of sp³-hybridized carbons (Fsp3) is 0.222. The zero-order valence-corrected chi connectivity index (χ0v) is 12.5. The van der Waals surface area contributed by atoms with Gasteiger partial charge in [0, 0.05) is 22.6 Å².